The van der Waals surface area contributed by atoms with Crippen molar-refractivity contribution in [3.05, 3.63) is 59.2 Å². The van der Waals surface area contributed by atoms with E-state index < -0.39 is 5.97 Å². The highest BCUT2D eigenvalue weighted by Crippen LogP contribution is 2.06. The minimum absolute atomic E-state index is 0.0457. The van der Waals surface area contributed by atoms with Gasteiger partial charge in [-0.25, -0.2) is 9.78 Å². The molecule has 1 fully saturated rings. The van der Waals surface area contributed by atoms with Crippen molar-refractivity contribution >= 4 is 5.97 Å². The Kier molecular flexibility index (Phi) is 12.7. The van der Waals surface area contributed by atoms with E-state index in [-0.39, 0.29) is 5.69 Å². The molecule has 10 nitrogen and oxygen atoms in total. The van der Waals surface area contributed by atoms with Crippen molar-refractivity contribution < 1.29 is 28.8 Å². The van der Waals surface area contributed by atoms with Crippen LogP contribution in [0.1, 0.15) is 27.6 Å². The zero-order valence-electron chi connectivity index (χ0n) is 21.1. The monoisotopic (exact) mass is 502 g/mol. The van der Waals surface area contributed by atoms with Crippen molar-refractivity contribution in [1.82, 2.24) is 19.8 Å². The minimum Gasteiger partial charge on any atom is -0.477 e. The summed E-state index contributed by atoms with van der Waals surface area (Å²) in [6.45, 7) is 10.6. The SMILES string of the molecule is Cc1cccc(CN2CCOCCOCCN(Cc3cccc(C(=O)O)n3)CCOCCOCC2)n1. The number of ether oxygens (including phenoxy) is 4. The number of hydrogen-bond acceptors (Lipinski definition) is 9. The van der Waals surface area contributed by atoms with Crippen LogP contribution in [-0.2, 0) is 32.0 Å². The van der Waals surface area contributed by atoms with E-state index >= 15 is 0 Å². The van der Waals surface area contributed by atoms with Gasteiger partial charge in [-0.05, 0) is 31.2 Å². The number of carboxylic acid groups (broad SMARTS) is 1. The van der Waals surface area contributed by atoms with Gasteiger partial charge >= 0.3 is 5.97 Å². The molecule has 0 atom stereocenters. The number of nitrogens with zero attached hydrogens (tertiary/aromatic N) is 4. The fourth-order valence-corrected chi connectivity index (χ4v) is 3.79. The Morgan fingerprint density at radius 3 is 1.61 bits per heavy atom. The van der Waals surface area contributed by atoms with Crippen molar-refractivity contribution in [2.24, 2.45) is 0 Å². The molecule has 36 heavy (non-hydrogen) atoms. The lowest BCUT2D eigenvalue weighted by atomic mass is 10.3. The highest BCUT2D eigenvalue weighted by Gasteiger charge is 2.11. The lowest BCUT2D eigenvalue weighted by Gasteiger charge is -2.23. The lowest BCUT2D eigenvalue weighted by molar-refractivity contribution is 0.00598. The number of aromatic nitrogens is 2. The van der Waals surface area contributed by atoms with Crippen molar-refractivity contribution in [3.63, 3.8) is 0 Å². The van der Waals surface area contributed by atoms with Gasteiger partial charge in [0.05, 0.1) is 64.2 Å². The first-order valence-electron chi connectivity index (χ1n) is 12.5. The Morgan fingerprint density at radius 2 is 1.17 bits per heavy atom. The fourth-order valence-electron chi connectivity index (χ4n) is 3.79. The number of rotatable bonds is 5. The summed E-state index contributed by atoms with van der Waals surface area (Å²) >= 11 is 0. The second-order valence-corrected chi connectivity index (χ2v) is 8.59. The van der Waals surface area contributed by atoms with Gasteiger partial charge in [0.25, 0.3) is 0 Å². The number of hydrogen-bond donors (Lipinski definition) is 1. The van der Waals surface area contributed by atoms with Crippen LogP contribution in [0, 0.1) is 6.92 Å². The summed E-state index contributed by atoms with van der Waals surface area (Å²) in [6.07, 6.45) is 0. The molecule has 3 rings (SSSR count). The quantitative estimate of drug-likeness (QED) is 0.651. The van der Waals surface area contributed by atoms with Crippen molar-refractivity contribution in [1.29, 1.82) is 0 Å². The molecule has 0 spiro atoms. The summed E-state index contributed by atoms with van der Waals surface area (Å²) in [6, 6.07) is 11.1. The van der Waals surface area contributed by atoms with Crippen LogP contribution >= 0.6 is 0 Å². The van der Waals surface area contributed by atoms with Gasteiger partial charge in [-0.2, -0.15) is 0 Å². The Hall–Kier alpha value is -2.47. The Balaban J connectivity index is 1.47. The van der Waals surface area contributed by atoms with E-state index in [1.807, 2.05) is 31.2 Å². The van der Waals surface area contributed by atoms with Gasteiger partial charge in [0.15, 0.2) is 0 Å². The third-order valence-corrected chi connectivity index (χ3v) is 5.69. The van der Waals surface area contributed by atoms with Crippen LogP contribution in [0.5, 0.6) is 0 Å². The van der Waals surface area contributed by atoms with Crippen molar-refractivity contribution in [2.45, 2.75) is 20.0 Å². The van der Waals surface area contributed by atoms with Gasteiger partial charge in [-0.15, -0.1) is 0 Å². The molecule has 1 saturated heterocycles. The molecule has 198 valence electrons. The first kappa shape index (κ1) is 28.1. The third kappa shape index (κ3) is 11.1. The average Bonchev–Trinajstić information content (AvgIpc) is 2.86. The van der Waals surface area contributed by atoms with E-state index in [4.69, 9.17) is 18.9 Å². The Bertz CT molecular complexity index is 896. The summed E-state index contributed by atoms with van der Waals surface area (Å²) < 4.78 is 23.2. The second-order valence-electron chi connectivity index (χ2n) is 8.59. The van der Waals surface area contributed by atoms with E-state index in [1.54, 1.807) is 6.07 Å². The van der Waals surface area contributed by atoms with Crippen LogP contribution in [0.25, 0.3) is 0 Å². The summed E-state index contributed by atoms with van der Waals surface area (Å²) in [4.78, 5) is 24.5. The Morgan fingerprint density at radius 1 is 0.722 bits per heavy atom. The molecular formula is C26H38N4O6. The number of carbonyl (C=O) groups is 1. The first-order chi connectivity index (χ1) is 17.6. The van der Waals surface area contributed by atoms with Crippen LogP contribution in [0.4, 0.5) is 0 Å². The van der Waals surface area contributed by atoms with E-state index in [0.717, 1.165) is 31.0 Å². The molecule has 10 heteroatoms. The van der Waals surface area contributed by atoms with Crippen molar-refractivity contribution in [2.75, 3.05) is 79.0 Å². The molecule has 0 aromatic carbocycles. The Labute approximate surface area is 213 Å². The van der Waals surface area contributed by atoms with Crippen molar-refractivity contribution in [3.8, 4) is 0 Å². The zero-order chi connectivity index (χ0) is 25.4. The maximum absolute atomic E-state index is 11.2. The molecule has 2 aromatic rings. The van der Waals surface area contributed by atoms with Gasteiger partial charge in [0, 0.05) is 45.0 Å². The smallest absolute Gasteiger partial charge is 0.354 e. The maximum atomic E-state index is 11.2. The predicted octanol–water partition coefficient (Wildman–Crippen LogP) is 1.87. The molecule has 0 amide bonds. The predicted molar refractivity (Wildman–Crippen MR) is 134 cm³/mol. The zero-order valence-corrected chi connectivity index (χ0v) is 21.1. The molecule has 0 saturated carbocycles. The molecule has 0 aliphatic carbocycles. The second kappa shape index (κ2) is 16.3. The minimum atomic E-state index is -1.03. The van der Waals surface area contributed by atoms with Crippen LogP contribution in [-0.4, -0.2) is 110 Å². The first-order valence-corrected chi connectivity index (χ1v) is 12.5. The number of aryl methyl sites for hydroxylation is 1. The van der Waals surface area contributed by atoms with E-state index in [0.29, 0.717) is 78.2 Å². The van der Waals surface area contributed by atoms with Gasteiger partial charge in [-0.1, -0.05) is 12.1 Å². The molecule has 0 unspecified atom stereocenters. The van der Waals surface area contributed by atoms with Crippen LogP contribution < -0.4 is 0 Å². The average molecular weight is 503 g/mol. The van der Waals surface area contributed by atoms with E-state index in [9.17, 15) is 9.90 Å². The number of carboxylic acids is 1. The normalized spacial score (nSPS) is 18.8. The highest BCUT2D eigenvalue weighted by atomic mass is 16.5. The molecule has 1 aliphatic rings. The largest absolute Gasteiger partial charge is 0.477 e. The molecule has 1 aliphatic heterocycles. The van der Waals surface area contributed by atoms with Crippen LogP contribution in [0.15, 0.2) is 36.4 Å². The molecule has 0 bridgehead atoms. The molecule has 3 heterocycles. The topological polar surface area (TPSA) is 106 Å². The van der Waals surface area contributed by atoms with E-state index in [1.165, 1.54) is 6.07 Å². The standard InChI is InChI=1S/C26H38N4O6/c1-22-4-2-5-23(27-22)20-29-8-12-33-16-18-35-14-10-30(11-15-36-19-17-34-13-9-29)21-24-6-3-7-25(28-24)26(31)32/h2-7H,8-21H2,1H3,(H,31,32). The summed E-state index contributed by atoms with van der Waals surface area (Å²) in [5, 5.41) is 9.20. The maximum Gasteiger partial charge on any atom is 0.354 e. The number of aromatic carboxylic acids is 1. The lowest BCUT2D eigenvalue weighted by Crippen LogP contribution is -2.33. The molecule has 2 aromatic heterocycles. The van der Waals surface area contributed by atoms with Crippen LogP contribution in [0.2, 0.25) is 0 Å². The third-order valence-electron chi connectivity index (χ3n) is 5.69. The molecular weight excluding hydrogens is 464 g/mol. The van der Waals surface area contributed by atoms with E-state index in [2.05, 4.69) is 19.8 Å². The molecule has 0 radical (unpaired) electrons. The summed E-state index contributed by atoms with van der Waals surface area (Å²) in [5.41, 5.74) is 2.80. The number of pyridine rings is 2. The highest BCUT2D eigenvalue weighted by molar-refractivity contribution is 5.85. The van der Waals surface area contributed by atoms with Gasteiger partial charge in [0.2, 0.25) is 0 Å². The van der Waals surface area contributed by atoms with Gasteiger partial charge in [0.1, 0.15) is 5.69 Å². The molecule has 1 N–H and O–H groups in total. The summed E-state index contributed by atoms with van der Waals surface area (Å²) in [5.74, 6) is -1.03. The van der Waals surface area contributed by atoms with Gasteiger partial charge < -0.3 is 24.1 Å². The van der Waals surface area contributed by atoms with Gasteiger partial charge in [-0.3, -0.25) is 14.8 Å². The van der Waals surface area contributed by atoms with Crippen LogP contribution in [0.3, 0.4) is 0 Å². The fraction of sp³-hybridized carbons (Fsp3) is 0.577. The summed E-state index contributed by atoms with van der Waals surface area (Å²) in [7, 11) is 0.